The van der Waals surface area contributed by atoms with Gasteiger partial charge in [0.25, 0.3) is 0 Å². The molecule has 0 N–H and O–H groups in total. The van der Waals surface area contributed by atoms with Gasteiger partial charge in [0.1, 0.15) is 0 Å². The van der Waals surface area contributed by atoms with Gasteiger partial charge in [-0.15, -0.1) is 0 Å². The summed E-state index contributed by atoms with van der Waals surface area (Å²) in [6, 6.07) is 0. The molecule has 0 aromatic heterocycles. The average molecular weight is 281 g/mol. The topological polar surface area (TPSA) is 3.24 Å². The predicted molar refractivity (Wildman–Crippen MR) is 93.1 cm³/mol. The monoisotopic (exact) mass is 280 g/mol. The van der Waals surface area contributed by atoms with E-state index in [-0.39, 0.29) is 0 Å². The highest BCUT2D eigenvalue weighted by Gasteiger charge is 2.05. The Morgan fingerprint density at radius 3 is 1.65 bits per heavy atom. The minimum Gasteiger partial charge on any atom is -0.299 e. The number of hydrogen-bond acceptors (Lipinski definition) is 1. The molecule has 0 spiro atoms. The zero-order valence-electron chi connectivity index (χ0n) is 14.4. The largest absolute Gasteiger partial charge is 0.299 e. The maximum atomic E-state index is 3.89. The van der Waals surface area contributed by atoms with Crippen molar-refractivity contribution in [2.75, 3.05) is 19.6 Å². The summed E-state index contributed by atoms with van der Waals surface area (Å²) in [7, 11) is 0. The summed E-state index contributed by atoms with van der Waals surface area (Å²) in [5.41, 5.74) is 1.41. The van der Waals surface area contributed by atoms with Gasteiger partial charge < -0.3 is 0 Å². The molecule has 0 fully saturated rings. The molecule has 0 bridgehead atoms. The normalized spacial score (nSPS) is 12.3. The van der Waals surface area contributed by atoms with E-state index in [0.29, 0.717) is 0 Å². The molecule has 20 heavy (non-hydrogen) atoms. The van der Waals surface area contributed by atoms with E-state index in [0.717, 1.165) is 6.54 Å². The summed E-state index contributed by atoms with van der Waals surface area (Å²) < 4.78 is 0. The zero-order valence-corrected chi connectivity index (χ0v) is 14.4. The third-order valence-corrected chi connectivity index (χ3v) is 3.98. The zero-order chi connectivity index (χ0) is 15.1. The van der Waals surface area contributed by atoms with Crippen LogP contribution >= 0.6 is 0 Å². The van der Waals surface area contributed by atoms with Crippen molar-refractivity contribution in [3.05, 3.63) is 18.6 Å². The highest BCUT2D eigenvalue weighted by molar-refractivity contribution is 5.02. The van der Waals surface area contributed by atoms with Crippen LogP contribution in [0, 0.1) is 6.92 Å². The average Bonchev–Trinajstić information content (AvgIpc) is 2.46. The van der Waals surface area contributed by atoms with Crippen molar-refractivity contribution in [1.82, 2.24) is 4.90 Å². The van der Waals surface area contributed by atoms with Crippen LogP contribution in [-0.4, -0.2) is 24.5 Å². The van der Waals surface area contributed by atoms with E-state index >= 15 is 0 Å². The number of rotatable bonds is 14. The Morgan fingerprint density at radius 1 is 0.800 bits per heavy atom. The quantitative estimate of drug-likeness (QED) is 0.352. The fourth-order valence-electron chi connectivity index (χ4n) is 2.57. The van der Waals surface area contributed by atoms with Gasteiger partial charge in [0.2, 0.25) is 0 Å². The molecule has 0 unspecified atom stereocenters. The second-order valence-electron chi connectivity index (χ2n) is 6.16. The molecule has 0 heterocycles. The number of hydrogen-bond donors (Lipinski definition) is 0. The molecular weight excluding hydrogens is 242 g/mol. The number of nitrogens with zero attached hydrogens (tertiary/aromatic N) is 1. The molecule has 0 aliphatic rings. The highest BCUT2D eigenvalue weighted by Crippen LogP contribution is 2.09. The van der Waals surface area contributed by atoms with Crippen LogP contribution in [0.2, 0.25) is 0 Å². The fraction of sp³-hybridized carbons (Fsp3) is 0.842. The van der Waals surface area contributed by atoms with E-state index in [9.17, 15) is 0 Å². The maximum absolute atomic E-state index is 3.89. The molecular formula is C19H38N. The first-order valence-electron chi connectivity index (χ1n) is 8.91. The van der Waals surface area contributed by atoms with E-state index in [2.05, 4.69) is 32.6 Å². The Bertz CT molecular complexity index is 206. The molecule has 0 saturated carbocycles. The van der Waals surface area contributed by atoms with Crippen LogP contribution in [0.1, 0.15) is 85.0 Å². The van der Waals surface area contributed by atoms with Crippen molar-refractivity contribution in [3.63, 3.8) is 0 Å². The van der Waals surface area contributed by atoms with E-state index in [1.165, 1.54) is 82.9 Å². The second kappa shape index (κ2) is 15.1. The molecule has 0 aliphatic heterocycles. The van der Waals surface area contributed by atoms with Crippen molar-refractivity contribution >= 4 is 0 Å². The standard InChI is InChI=1S/C19H38N/c1-5-8-10-12-14-16-20(18-19(4)7-3)17-15-13-11-9-6-2/h7H,3,5-6,8-18H2,1-2,4H3. The second-order valence-corrected chi connectivity index (χ2v) is 6.16. The molecule has 0 amide bonds. The lowest BCUT2D eigenvalue weighted by Gasteiger charge is -2.22. The summed E-state index contributed by atoms with van der Waals surface area (Å²) in [4.78, 5) is 2.63. The van der Waals surface area contributed by atoms with E-state index in [1.54, 1.807) is 0 Å². The van der Waals surface area contributed by atoms with Crippen molar-refractivity contribution in [2.24, 2.45) is 0 Å². The third-order valence-electron chi connectivity index (χ3n) is 3.98. The fourth-order valence-corrected chi connectivity index (χ4v) is 2.57. The Kier molecular flexibility index (Phi) is 14.9. The summed E-state index contributed by atoms with van der Waals surface area (Å²) in [5.74, 6) is 0. The lowest BCUT2D eigenvalue weighted by molar-refractivity contribution is 0.280. The minimum atomic E-state index is 1.12. The lowest BCUT2D eigenvalue weighted by atomic mass is 10.1. The Balaban J connectivity index is 3.82. The van der Waals surface area contributed by atoms with Crippen LogP contribution in [-0.2, 0) is 0 Å². The first-order chi connectivity index (χ1) is 9.74. The molecule has 1 nitrogen and oxygen atoms in total. The maximum Gasteiger partial charge on any atom is 0.0190 e. The van der Waals surface area contributed by atoms with Crippen LogP contribution in [0.15, 0.2) is 11.6 Å². The van der Waals surface area contributed by atoms with E-state index < -0.39 is 0 Å². The van der Waals surface area contributed by atoms with Crippen molar-refractivity contribution < 1.29 is 0 Å². The van der Waals surface area contributed by atoms with Crippen LogP contribution in [0.5, 0.6) is 0 Å². The molecule has 0 aromatic rings. The molecule has 0 atom stereocenters. The van der Waals surface area contributed by atoms with Gasteiger partial charge >= 0.3 is 0 Å². The number of unbranched alkanes of at least 4 members (excludes halogenated alkanes) is 8. The summed E-state index contributed by atoms with van der Waals surface area (Å²) in [5, 5.41) is 0. The van der Waals surface area contributed by atoms with Gasteiger partial charge in [0.15, 0.2) is 0 Å². The first kappa shape index (κ1) is 19.7. The van der Waals surface area contributed by atoms with Crippen LogP contribution < -0.4 is 0 Å². The molecule has 0 aromatic carbocycles. The Morgan fingerprint density at radius 2 is 1.25 bits per heavy atom. The third kappa shape index (κ3) is 12.7. The van der Waals surface area contributed by atoms with Gasteiger partial charge in [-0.3, -0.25) is 4.90 Å². The molecule has 119 valence electrons. The smallest absolute Gasteiger partial charge is 0.0190 e. The number of allylic oxidation sites excluding steroid dienone is 1. The molecule has 0 rings (SSSR count). The van der Waals surface area contributed by atoms with E-state index in [1.807, 2.05) is 6.08 Å². The summed E-state index contributed by atoms with van der Waals surface area (Å²) >= 11 is 0. The Labute approximate surface area is 128 Å². The van der Waals surface area contributed by atoms with Crippen molar-refractivity contribution in [3.8, 4) is 0 Å². The van der Waals surface area contributed by atoms with Crippen LogP contribution in [0.3, 0.4) is 0 Å². The van der Waals surface area contributed by atoms with Gasteiger partial charge in [-0.2, -0.15) is 0 Å². The summed E-state index contributed by atoms with van der Waals surface area (Å²) in [6.45, 7) is 14.3. The van der Waals surface area contributed by atoms with Gasteiger partial charge in [0, 0.05) is 6.54 Å². The Hall–Kier alpha value is -0.300. The van der Waals surface area contributed by atoms with Crippen LogP contribution in [0.4, 0.5) is 0 Å². The predicted octanol–water partition coefficient (Wildman–Crippen LogP) is 6.01. The van der Waals surface area contributed by atoms with Gasteiger partial charge in [-0.1, -0.05) is 76.9 Å². The van der Waals surface area contributed by atoms with Crippen LogP contribution in [0.25, 0.3) is 0 Å². The molecule has 0 saturated heterocycles. The van der Waals surface area contributed by atoms with Crippen molar-refractivity contribution in [1.29, 1.82) is 0 Å². The minimum absolute atomic E-state index is 1.12. The van der Waals surface area contributed by atoms with E-state index in [4.69, 9.17) is 0 Å². The summed E-state index contributed by atoms with van der Waals surface area (Å²) in [6.07, 6.45) is 15.8. The van der Waals surface area contributed by atoms with Gasteiger partial charge in [-0.05, 0) is 39.8 Å². The van der Waals surface area contributed by atoms with Crippen molar-refractivity contribution in [2.45, 2.75) is 85.0 Å². The first-order valence-corrected chi connectivity index (χ1v) is 8.91. The van der Waals surface area contributed by atoms with Gasteiger partial charge in [-0.25, -0.2) is 0 Å². The molecule has 0 aliphatic carbocycles. The highest BCUT2D eigenvalue weighted by atomic mass is 15.1. The molecule has 1 heteroatoms. The SMILES string of the molecule is [CH2]C=C(C)CN(CCCCCCC)CCCCCCC. The lowest BCUT2D eigenvalue weighted by Crippen LogP contribution is -2.28. The molecule has 1 radical (unpaired) electrons. The van der Waals surface area contributed by atoms with Gasteiger partial charge in [0.05, 0.1) is 0 Å².